The van der Waals surface area contributed by atoms with E-state index in [1.807, 2.05) is 0 Å². The van der Waals surface area contributed by atoms with E-state index in [-0.39, 0.29) is 0 Å². The summed E-state index contributed by atoms with van der Waals surface area (Å²) in [5.41, 5.74) is -0.834. The van der Waals surface area contributed by atoms with Crippen molar-refractivity contribution in [2.45, 2.75) is 25.4 Å². The SMILES string of the molecule is OC1CCC(CF)(CF)C1. The van der Waals surface area contributed by atoms with Gasteiger partial charge in [-0.15, -0.1) is 0 Å². The molecular formula is C7H12F2O. The van der Waals surface area contributed by atoms with E-state index < -0.39 is 24.9 Å². The number of aliphatic hydroxyl groups excluding tert-OH is 1. The third-order valence-corrected chi connectivity index (χ3v) is 2.24. The van der Waals surface area contributed by atoms with Gasteiger partial charge in [0.25, 0.3) is 0 Å². The van der Waals surface area contributed by atoms with Gasteiger partial charge < -0.3 is 5.11 Å². The van der Waals surface area contributed by atoms with Gasteiger partial charge in [-0.05, 0) is 19.3 Å². The number of aliphatic hydroxyl groups is 1. The zero-order valence-electron chi connectivity index (χ0n) is 5.82. The van der Waals surface area contributed by atoms with Crippen molar-refractivity contribution in [1.82, 2.24) is 0 Å². The van der Waals surface area contributed by atoms with Crippen LogP contribution in [-0.2, 0) is 0 Å². The van der Waals surface area contributed by atoms with Gasteiger partial charge in [-0.3, -0.25) is 8.78 Å². The van der Waals surface area contributed by atoms with Crippen molar-refractivity contribution in [2.24, 2.45) is 5.41 Å². The second-order valence-corrected chi connectivity index (χ2v) is 3.16. The average molecular weight is 150 g/mol. The molecule has 1 fully saturated rings. The molecule has 1 aliphatic rings. The smallest absolute Gasteiger partial charge is 0.0976 e. The predicted octanol–water partition coefficient (Wildman–Crippen LogP) is 1.46. The largest absolute Gasteiger partial charge is 0.393 e. The van der Waals surface area contributed by atoms with E-state index in [0.717, 1.165) is 0 Å². The molecule has 0 aromatic heterocycles. The summed E-state index contributed by atoms with van der Waals surface area (Å²) in [6, 6.07) is 0. The fourth-order valence-electron chi connectivity index (χ4n) is 1.46. The Morgan fingerprint density at radius 2 is 2.00 bits per heavy atom. The zero-order chi connectivity index (χ0) is 7.61. The van der Waals surface area contributed by atoms with Gasteiger partial charge in [0.2, 0.25) is 0 Å². The van der Waals surface area contributed by atoms with Crippen molar-refractivity contribution in [2.75, 3.05) is 13.3 Å². The summed E-state index contributed by atoms with van der Waals surface area (Å²) < 4.78 is 24.4. The van der Waals surface area contributed by atoms with E-state index in [9.17, 15) is 8.78 Å². The van der Waals surface area contributed by atoms with Crippen LogP contribution in [0.5, 0.6) is 0 Å². The molecule has 0 heterocycles. The Hall–Kier alpha value is -0.180. The van der Waals surface area contributed by atoms with Crippen LogP contribution in [0.1, 0.15) is 19.3 Å². The number of hydrogen-bond acceptors (Lipinski definition) is 1. The molecule has 1 atom stereocenters. The Kier molecular flexibility index (Phi) is 2.24. The molecular weight excluding hydrogens is 138 g/mol. The van der Waals surface area contributed by atoms with Crippen LogP contribution in [0.2, 0.25) is 0 Å². The molecule has 0 amide bonds. The molecule has 1 rings (SSSR count). The molecule has 0 spiro atoms. The van der Waals surface area contributed by atoms with Gasteiger partial charge in [0.05, 0.1) is 19.5 Å². The molecule has 0 aliphatic heterocycles. The summed E-state index contributed by atoms with van der Waals surface area (Å²) >= 11 is 0. The van der Waals surface area contributed by atoms with Gasteiger partial charge >= 0.3 is 0 Å². The van der Waals surface area contributed by atoms with Crippen LogP contribution in [0.15, 0.2) is 0 Å². The maximum absolute atomic E-state index is 12.2. The summed E-state index contributed by atoms with van der Waals surface area (Å²) in [7, 11) is 0. The fraction of sp³-hybridized carbons (Fsp3) is 1.00. The van der Waals surface area contributed by atoms with Crippen molar-refractivity contribution < 1.29 is 13.9 Å². The highest BCUT2D eigenvalue weighted by Gasteiger charge is 2.38. The highest BCUT2D eigenvalue weighted by molar-refractivity contribution is 4.88. The molecule has 0 aromatic carbocycles. The number of halogens is 2. The molecule has 0 aromatic rings. The second-order valence-electron chi connectivity index (χ2n) is 3.16. The van der Waals surface area contributed by atoms with E-state index in [2.05, 4.69) is 0 Å². The van der Waals surface area contributed by atoms with Crippen molar-refractivity contribution >= 4 is 0 Å². The Morgan fingerprint density at radius 3 is 2.20 bits per heavy atom. The Labute approximate surface area is 59.0 Å². The zero-order valence-corrected chi connectivity index (χ0v) is 5.82. The molecule has 1 aliphatic carbocycles. The maximum atomic E-state index is 12.2. The first-order chi connectivity index (χ1) is 4.72. The summed E-state index contributed by atoms with van der Waals surface area (Å²) in [4.78, 5) is 0. The standard InChI is InChI=1S/C7H12F2O/c8-4-7(5-9)2-1-6(10)3-7/h6,10H,1-5H2. The van der Waals surface area contributed by atoms with Crippen molar-refractivity contribution in [1.29, 1.82) is 0 Å². The molecule has 0 radical (unpaired) electrons. The van der Waals surface area contributed by atoms with Gasteiger partial charge in [0.1, 0.15) is 0 Å². The minimum absolute atomic E-state index is 0.292. The van der Waals surface area contributed by atoms with Gasteiger partial charge in [-0.2, -0.15) is 0 Å². The number of hydrogen-bond donors (Lipinski definition) is 1. The van der Waals surface area contributed by atoms with Crippen LogP contribution in [0.4, 0.5) is 8.78 Å². The average Bonchev–Trinajstić information content (AvgIpc) is 2.33. The molecule has 1 unspecified atom stereocenters. The van der Waals surface area contributed by atoms with Crippen LogP contribution in [0.3, 0.4) is 0 Å². The molecule has 3 heteroatoms. The van der Waals surface area contributed by atoms with Gasteiger partial charge in [-0.25, -0.2) is 0 Å². The Morgan fingerprint density at radius 1 is 1.40 bits per heavy atom. The lowest BCUT2D eigenvalue weighted by molar-refractivity contribution is 0.118. The lowest BCUT2D eigenvalue weighted by Crippen LogP contribution is -2.22. The van der Waals surface area contributed by atoms with Gasteiger partial charge in [-0.1, -0.05) is 0 Å². The molecule has 0 saturated heterocycles. The number of rotatable bonds is 2. The van der Waals surface area contributed by atoms with Crippen LogP contribution >= 0.6 is 0 Å². The minimum Gasteiger partial charge on any atom is -0.393 e. The lowest BCUT2D eigenvalue weighted by Gasteiger charge is -2.19. The normalized spacial score (nSPS) is 30.9. The first kappa shape index (κ1) is 7.92. The third kappa shape index (κ3) is 1.29. The van der Waals surface area contributed by atoms with Crippen molar-refractivity contribution in [3.63, 3.8) is 0 Å². The quantitative estimate of drug-likeness (QED) is 0.631. The van der Waals surface area contributed by atoms with Gasteiger partial charge in [0, 0.05) is 5.41 Å². The van der Waals surface area contributed by atoms with E-state index in [0.29, 0.717) is 19.3 Å². The van der Waals surface area contributed by atoms with Crippen molar-refractivity contribution in [3.8, 4) is 0 Å². The second kappa shape index (κ2) is 2.82. The van der Waals surface area contributed by atoms with Crippen LogP contribution < -0.4 is 0 Å². The van der Waals surface area contributed by atoms with E-state index in [4.69, 9.17) is 5.11 Å². The molecule has 1 saturated carbocycles. The van der Waals surface area contributed by atoms with E-state index >= 15 is 0 Å². The fourth-order valence-corrected chi connectivity index (χ4v) is 1.46. The molecule has 1 N–H and O–H groups in total. The lowest BCUT2D eigenvalue weighted by atomic mass is 9.90. The van der Waals surface area contributed by atoms with Crippen molar-refractivity contribution in [3.05, 3.63) is 0 Å². The molecule has 60 valence electrons. The molecule has 1 nitrogen and oxygen atoms in total. The highest BCUT2D eigenvalue weighted by atomic mass is 19.1. The summed E-state index contributed by atoms with van der Waals surface area (Å²) in [5.74, 6) is 0. The predicted molar refractivity (Wildman–Crippen MR) is 34.2 cm³/mol. The van der Waals surface area contributed by atoms with E-state index in [1.54, 1.807) is 0 Å². The first-order valence-corrected chi connectivity index (χ1v) is 3.52. The number of alkyl halides is 2. The minimum atomic E-state index is -0.834. The molecule has 0 bridgehead atoms. The summed E-state index contributed by atoms with van der Waals surface area (Å²) in [5, 5.41) is 8.99. The maximum Gasteiger partial charge on any atom is 0.0976 e. The van der Waals surface area contributed by atoms with Gasteiger partial charge in [0.15, 0.2) is 0 Å². The Balaban J connectivity index is 2.51. The summed E-state index contributed by atoms with van der Waals surface area (Å²) in [6.45, 7) is -1.28. The highest BCUT2D eigenvalue weighted by Crippen LogP contribution is 2.38. The monoisotopic (exact) mass is 150 g/mol. The van der Waals surface area contributed by atoms with Crippen LogP contribution in [0, 0.1) is 5.41 Å². The third-order valence-electron chi connectivity index (χ3n) is 2.24. The van der Waals surface area contributed by atoms with Crippen LogP contribution in [-0.4, -0.2) is 24.6 Å². The van der Waals surface area contributed by atoms with E-state index in [1.165, 1.54) is 0 Å². The Bertz CT molecular complexity index is 112. The first-order valence-electron chi connectivity index (χ1n) is 3.52. The molecule has 10 heavy (non-hydrogen) atoms. The topological polar surface area (TPSA) is 20.2 Å². The van der Waals surface area contributed by atoms with Crippen LogP contribution in [0.25, 0.3) is 0 Å². The summed E-state index contributed by atoms with van der Waals surface area (Å²) in [6.07, 6.45) is 0.848.